The summed E-state index contributed by atoms with van der Waals surface area (Å²) in [6.45, 7) is 2.78. The molecule has 2 aliphatic heterocycles. The van der Waals surface area contributed by atoms with Crippen LogP contribution in [0.5, 0.6) is 0 Å². The lowest BCUT2D eigenvalue weighted by atomic mass is 9.89. The fourth-order valence-corrected chi connectivity index (χ4v) is 5.58. The SMILES string of the molecule is CCOC1=CC(=O)C(CCOC(=O)CCCCC2SC[C@@H]3NC(=O)N[C@H]23)CC1. The van der Waals surface area contributed by atoms with Crippen molar-refractivity contribution in [2.24, 2.45) is 5.92 Å². The summed E-state index contributed by atoms with van der Waals surface area (Å²) >= 11 is 1.89. The maximum absolute atomic E-state index is 12.1. The van der Waals surface area contributed by atoms with Gasteiger partial charge in [0, 0.05) is 35.8 Å². The molecule has 3 rings (SSSR count). The van der Waals surface area contributed by atoms with Gasteiger partial charge in [-0.25, -0.2) is 4.79 Å². The normalized spacial score (nSPS) is 29.0. The van der Waals surface area contributed by atoms with Crippen LogP contribution in [0, 0.1) is 5.92 Å². The average molecular weight is 411 g/mol. The predicted molar refractivity (Wildman–Crippen MR) is 107 cm³/mol. The highest BCUT2D eigenvalue weighted by Gasteiger charge is 2.42. The number of nitrogens with one attached hydrogen (secondary N) is 2. The van der Waals surface area contributed by atoms with Crippen molar-refractivity contribution < 1.29 is 23.9 Å². The number of carbonyl (C=O) groups excluding carboxylic acids is 3. The van der Waals surface area contributed by atoms with E-state index in [0.29, 0.717) is 31.3 Å². The fourth-order valence-electron chi connectivity index (χ4n) is 4.04. The zero-order chi connectivity index (χ0) is 19.9. The van der Waals surface area contributed by atoms with E-state index < -0.39 is 0 Å². The molecule has 0 aromatic carbocycles. The largest absolute Gasteiger partial charge is 0.498 e. The van der Waals surface area contributed by atoms with Gasteiger partial charge in [-0.15, -0.1) is 0 Å². The minimum Gasteiger partial charge on any atom is -0.498 e. The maximum atomic E-state index is 12.1. The Balaban J connectivity index is 1.24. The summed E-state index contributed by atoms with van der Waals surface area (Å²) in [6, 6.07) is 0.397. The minimum absolute atomic E-state index is 0.0649. The zero-order valence-corrected chi connectivity index (χ0v) is 17.2. The van der Waals surface area contributed by atoms with Crippen molar-refractivity contribution in [3.63, 3.8) is 0 Å². The van der Waals surface area contributed by atoms with Crippen LogP contribution in [-0.2, 0) is 19.1 Å². The Kier molecular flexibility index (Phi) is 7.65. The summed E-state index contributed by atoms with van der Waals surface area (Å²) in [4.78, 5) is 35.4. The molecule has 0 aromatic heterocycles. The summed E-state index contributed by atoms with van der Waals surface area (Å²) in [5, 5.41) is 6.35. The molecule has 0 spiro atoms. The molecule has 2 heterocycles. The van der Waals surface area contributed by atoms with E-state index >= 15 is 0 Å². The van der Waals surface area contributed by atoms with Crippen molar-refractivity contribution >= 4 is 29.5 Å². The first-order chi connectivity index (χ1) is 13.6. The highest BCUT2D eigenvalue weighted by Crippen LogP contribution is 2.33. The molecule has 3 aliphatic rings. The average Bonchev–Trinajstić information content (AvgIpc) is 3.20. The van der Waals surface area contributed by atoms with Crippen LogP contribution in [0.25, 0.3) is 0 Å². The summed E-state index contributed by atoms with van der Waals surface area (Å²) in [6.07, 6.45) is 6.83. The van der Waals surface area contributed by atoms with Crippen LogP contribution in [0.15, 0.2) is 11.8 Å². The highest BCUT2D eigenvalue weighted by molar-refractivity contribution is 8.00. The van der Waals surface area contributed by atoms with Gasteiger partial charge >= 0.3 is 12.0 Å². The first kappa shape index (κ1) is 21.0. The third-order valence-corrected chi connectivity index (χ3v) is 7.07. The van der Waals surface area contributed by atoms with E-state index in [1.165, 1.54) is 0 Å². The lowest BCUT2D eigenvalue weighted by molar-refractivity contribution is -0.144. The molecule has 0 radical (unpaired) electrons. The van der Waals surface area contributed by atoms with E-state index in [-0.39, 0.29) is 35.8 Å². The van der Waals surface area contributed by atoms with Crippen LogP contribution >= 0.6 is 11.8 Å². The Morgan fingerprint density at radius 3 is 2.89 bits per heavy atom. The summed E-state index contributed by atoms with van der Waals surface area (Å²) in [5.74, 6) is 1.53. The molecule has 0 saturated carbocycles. The standard InChI is InChI=1S/C20H30N2O5S/c1-2-26-14-8-7-13(16(23)11-14)9-10-27-18(24)6-4-3-5-17-19-15(12-28-17)21-20(25)22-19/h11,13,15,17,19H,2-10,12H2,1H3,(H2,21,22,25)/t13?,15-,17?,19-/m0/s1. The number of fused-ring (bicyclic) bond motifs is 1. The van der Waals surface area contributed by atoms with Gasteiger partial charge in [-0.05, 0) is 32.6 Å². The zero-order valence-electron chi connectivity index (χ0n) is 16.4. The van der Waals surface area contributed by atoms with Crippen LogP contribution in [-0.4, -0.2) is 54.1 Å². The van der Waals surface area contributed by atoms with Crippen molar-refractivity contribution in [3.8, 4) is 0 Å². The molecule has 2 unspecified atom stereocenters. The Morgan fingerprint density at radius 1 is 1.25 bits per heavy atom. The second-order valence-corrected chi connectivity index (χ2v) is 8.83. The number of carbonyl (C=O) groups is 3. The molecule has 2 saturated heterocycles. The second kappa shape index (κ2) is 10.2. The number of thioether (sulfide) groups is 1. The highest BCUT2D eigenvalue weighted by atomic mass is 32.2. The van der Waals surface area contributed by atoms with Gasteiger partial charge in [0.25, 0.3) is 0 Å². The van der Waals surface area contributed by atoms with Crippen LogP contribution < -0.4 is 10.6 Å². The van der Waals surface area contributed by atoms with E-state index in [9.17, 15) is 14.4 Å². The Hall–Kier alpha value is -1.70. The summed E-state index contributed by atoms with van der Waals surface area (Å²) in [5.41, 5.74) is 0. The molecule has 0 bridgehead atoms. The van der Waals surface area contributed by atoms with Crippen molar-refractivity contribution in [2.75, 3.05) is 19.0 Å². The van der Waals surface area contributed by atoms with E-state index in [0.717, 1.165) is 43.6 Å². The quantitative estimate of drug-likeness (QED) is 0.327. The Bertz CT molecular complexity index is 624. The number of allylic oxidation sites excluding steroid dienone is 2. The predicted octanol–water partition coefficient (Wildman–Crippen LogP) is 2.55. The number of ketones is 1. The first-order valence-corrected chi connectivity index (χ1v) is 11.3. The van der Waals surface area contributed by atoms with Crippen LogP contribution in [0.4, 0.5) is 4.79 Å². The Labute approximate surface area is 170 Å². The summed E-state index contributed by atoms with van der Waals surface area (Å²) in [7, 11) is 0. The number of hydrogen-bond acceptors (Lipinski definition) is 6. The fraction of sp³-hybridized carbons (Fsp3) is 0.750. The number of ether oxygens (including phenoxy) is 2. The maximum Gasteiger partial charge on any atom is 0.315 e. The van der Waals surface area contributed by atoms with E-state index in [4.69, 9.17) is 9.47 Å². The monoisotopic (exact) mass is 410 g/mol. The lowest BCUT2D eigenvalue weighted by Crippen LogP contribution is -2.36. The molecule has 4 atom stereocenters. The molecular weight excluding hydrogens is 380 g/mol. The van der Waals surface area contributed by atoms with Crippen LogP contribution in [0.2, 0.25) is 0 Å². The van der Waals surface area contributed by atoms with Gasteiger partial charge in [0.2, 0.25) is 0 Å². The molecule has 2 N–H and O–H groups in total. The molecule has 2 fully saturated rings. The van der Waals surface area contributed by atoms with Crippen molar-refractivity contribution in [1.82, 2.24) is 10.6 Å². The van der Waals surface area contributed by atoms with E-state index in [1.807, 2.05) is 18.7 Å². The van der Waals surface area contributed by atoms with E-state index in [1.54, 1.807) is 6.08 Å². The van der Waals surface area contributed by atoms with Gasteiger partial charge in [0.1, 0.15) is 0 Å². The first-order valence-electron chi connectivity index (χ1n) is 10.3. The molecule has 2 amide bonds. The van der Waals surface area contributed by atoms with Gasteiger partial charge in [0.05, 0.1) is 31.1 Å². The van der Waals surface area contributed by atoms with Gasteiger partial charge in [-0.2, -0.15) is 11.8 Å². The molecule has 0 aromatic rings. The number of unbranched alkanes of at least 4 members (excludes halogenated alkanes) is 1. The van der Waals surface area contributed by atoms with Crippen molar-refractivity contribution in [3.05, 3.63) is 11.8 Å². The molecule has 156 valence electrons. The molecule has 1 aliphatic carbocycles. The third kappa shape index (κ3) is 5.65. The molecule has 28 heavy (non-hydrogen) atoms. The minimum atomic E-state index is -0.193. The van der Waals surface area contributed by atoms with Crippen molar-refractivity contribution in [1.29, 1.82) is 0 Å². The third-order valence-electron chi connectivity index (χ3n) is 5.56. The number of urea groups is 1. The molecule has 8 heteroatoms. The number of hydrogen-bond donors (Lipinski definition) is 2. The van der Waals surface area contributed by atoms with Gasteiger partial charge in [-0.3, -0.25) is 9.59 Å². The van der Waals surface area contributed by atoms with E-state index in [2.05, 4.69) is 10.6 Å². The topological polar surface area (TPSA) is 93.7 Å². The number of amides is 2. The Morgan fingerprint density at radius 2 is 2.11 bits per heavy atom. The smallest absolute Gasteiger partial charge is 0.315 e. The number of rotatable bonds is 10. The van der Waals surface area contributed by atoms with Gasteiger partial charge in [-0.1, -0.05) is 6.42 Å². The van der Waals surface area contributed by atoms with Crippen molar-refractivity contribution in [2.45, 2.75) is 69.2 Å². The molecule has 7 nitrogen and oxygen atoms in total. The second-order valence-electron chi connectivity index (χ2n) is 7.56. The van der Waals surface area contributed by atoms with Gasteiger partial charge < -0.3 is 20.1 Å². The van der Waals surface area contributed by atoms with Gasteiger partial charge in [0.15, 0.2) is 5.78 Å². The lowest BCUT2D eigenvalue weighted by Gasteiger charge is -2.20. The summed E-state index contributed by atoms with van der Waals surface area (Å²) < 4.78 is 10.7. The van der Waals surface area contributed by atoms with Crippen LogP contribution in [0.1, 0.15) is 51.9 Å². The number of esters is 1. The molecular formula is C20H30N2O5S. The van der Waals surface area contributed by atoms with Crippen LogP contribution in [0.3, 0.4) is 0 Å².